The van der Waals surface area contributed by atoms with Crippen molar-refractivity contribution < 1.29 is 0 Å². The van der Waals surface area contributed by atoms with Crippen molar-refractivity contribution in [3.63, 3.8) is 0 Å². The fraction of sp³-hybridized carbons (Fsp3) is 0.0909. The summed E-state index contributed by atoms with van der Waals surface area (Å²) in [6.07, 6.45) is 7.40. The third-order valence-electron chi connectivity index (χ3n) is 2.61. The highest BCUT2D eigenvalue weighted by atomic mass is 14.9. The zero-order valence-corrected chi connectivity index (χ0v) is 7.81. The van der Waals surface area contributed by atoms with Crippen molar-refractivity contribution in [3.05, 3.63) is 36.9 Å². The molecule has 0 amide bonds. The van der Waals surface area contributed by atoms with Gasteiger partial charge < -0.3 is 4.57 Å². The van der Waals surface area contributed by atoms with Crippen molar-refractivity contribution in [2.45, 2.75) is 0 Å². The minimum Gasteiger partial charge on any atom is -0.343 e. The van der Waals surface area contributed by atoms with E-state index in [1.54, 1.807) is 0 Å². The second-order valence-electron chi connectivity index (χ2n) is 3.34. The van der Waals surface area contributed by atoms with E-state index in [0.717, 1.165) is 10.8 Å². The minimum atomic E-state index is 1.16. The van der Waals surface area contributed by atoms with Gasteiger partial charge in [0.25, 0.3) is 0 Å². The minimum absolute atomic E-state index is 1.16. The molecule has 3 rings (SSSR count). The fourth-order valence-corrected chi connectivity index (χ4v) is 1.90. The standard InChI is InChI=1S/C11H9N3/c1-14-10-2-4-12-6-8(10)9-7-13-5-3-11(9)14/h2-7H,1H3. The molecule has 0 N–H and O–H groups in total. The molecule has 14 heavy (non-hydrogen) atoms. The van der Waals surface area contributed by atoms with Crippen LogP contribution >= 0.6 is 0 Å². The van der Waals surface area contributed by atoms with Crippen molar-refractivity contribution in [1.29, 1.82) is 0 Å². The Hall–Kier alpha value is -1.90. The Morgan fingerprint density at radius 1 is 0.929 bits per heavy atom. The number of fused-ring (bicyclic) bond motifs is 3. The largest absolute Gasteiger partial charge is 0.343 e. The maximum absolute atomic E-state index is 4.14. The maximum Gasteiger partial charge on any atom is 0.0520 e. The average Bonchev–Trinajstić information content (AvgIpc) is 2.55. The Labute approximate surface area is 81.0 Å². The number of nitrogens with zero attached hydrogens (tertiary/aromatic N) is 3. The molecule has 68 valence electrons. The zero-order chi connectivity index (χ0) is 9.54. The summed E-state index contributed by atoms with van der Waals surface area (Å²) in [5.74, 6) is 0. The molecular weight excluding hydrogens is 174 g/mol. The molecule has 0 aliphatic heterocycles. The first-order chi connectivity index (χ1) is 6.88. The Balaban J connectivity index is 2.69. The predicted octanol–water partition coefficient (Wildman–Crippen LogP) is 2.12. The zero-order valence-electron chi connectivity index (χ0n) is 7.81. The van der Waals surface area contributed by atoms with Crippen LogP contribution in [0.4, 0.5) is 0 Å². The van der Waals surface area contributed by atoms with Gasteiger partial charge in [0.1, 0.15) is 0 Å². The molecule has 0 radical (unpaired) electrons. The van der Waals surface area contributed by atoms with Crippen LogP contribution < -0.4 is 0 Å². The summed E-state index contributed by atoms with van der Waals surface area (Å²) in [4.78, 5) is 8.27. The van der Waals surface area contributed by atoms with Crippen LogP contribution in [0.5, 0.6) is 0 Å². The first-order valence-electron chi connectivity index (χ1n) is 4.50. The first kappa shape index (κ1) is 7.50. The molecule has 0 fully saturated rings. The van der Waals surface area contributed by atoms with Gasteiger partial charge >= 0.3 is 0 Å². The maximum atomic E-state index is 4.14. The number of pyridine rings is 2. The van der Waals surface area contributed by atoms with E-state index in [9.17, 15) is 0 Å². The normalized spacial score (nSPS) is 11.2. The Kier molecular flexibility index (Phi) is 1.36. The summed E-state index contributed by atoms with van der Waals surface area (Å²) in [7, 11) is 2.06. The van der Waals surface area contributed by atoms with Gasteiger partial charge in [-0.3, -0.25) is 9.97 Å². The molecule has 0 saturated carbocycles. The lowest BCUT2D eigenvalue weighted by molar-refractivity contribution is 1.01. The van der Waals surface area contributed by atoms with E-state index in [-0.39, 0.29) is 0 Å². The Bertz CT molecular complexity index is 557. The van der Waals surface area contributed by atoms with Gasteiger partial charge in [-0.05, 0) is 12.1 Å². The van der Waals surface area contributed by atoms with E-state index in [2.05, 4.69) is 21.6 Å². The second kappa shape index (κ2) is 2.54. The second-order valence-corrected chi connectivity index (χ2v) is 3.34. The van der Waals surface area contributed by atoms with E-state index < -0.39 is 0 Å². The fourth-order valence-electron chi connectivity index (χ4n) is 1.90. The van der Waals surface area contributed by atoms with E-state index in [1.165, 1.54) is 11.0 Å². The molecule has 0 aromatic carbocycles. The van der Waals surface area contributed by atoms with Gasteiger partial charge in [0.15, 0.2) is 0 Å². The molecule has 0 spiro atoms. The molecule has 0 aliphatic rings. The summed E-state index contributed by atoms with van der Waals surface area (Å²) in [6, 6.07) is 4.05. The van der Waals surface area contributed by atoms with E-state index in [1.807, 2.05) is 36.9 Å². The molecule has 3 heterocycles. The topological polar surface area (TPSA) is 30.7 Å². The molecule has 0 atom stereocenters. The highest BCUT2D eigenvalue weighted by Crippen LogP contribution is 2.25. The lowest BCUT2D eigenvalue weighted by Crippen LogP contribution is -1.85. The third-order valence-corrected chi connectivity index (χ3v) is 2.61. The SMILES string of the molecule is Cn1c2ccncc2c2cnccc21. The quantitative estimate of drug-likeness (QED) is 0.534. The van der Waals surface area contributed by atoms with Crippen molar-refractivity contribution in [1.82, 2.24) is 14.5 Å². The molecule has 0 aliphatic carbocycles. The van der Waals surface area contributed by atoms with Gasteiger partial charge in [-0.15, -0.1) is 0 Å². The summed E-state index contributed by atoms with van der Waals surface area (Å²) in [5.41, 5.74) is 2.39. The van der Waals surface area contributed by atoms with Gasteiger partial charge in [-0.1, -0.05) is 0 Å². The number of hydrogen-bond acceptors (Lipinski definition) is 2. The van der Waals surface area contributed by atoms with Gasteiger partial charge in [0, 0.05) is 42.6 Å². The van der Waals surface area contributed by atoms with Crippen molar-refractivity contribution in [2.75, 3.05) is 0 Å². The van der Waals surface area contributed by atoms with E-state index in [4.69, 9.17) is 0 Å². The van der Waals surface area contributed by atoms with Gasteiger partial charge in [-0.2, -0.15) is 0 Å². The van der Waals surface area contributed by atoms with Crippen LogP contribution in [-0.4, -0.2) is 14.5 Å². The summed E-state index contributed by atoms with van der Waals surface area (Å²) in [5, 5.41) is 2.33. The first-order valence-corrected chi connectivity index (χ1v) is 4.50. The lowest BCUT2D eigenvalue weighted by Gasteiger charge is -1.95. The molecule has 3 aromatic heterocycles. The number of aryl methyl sites for hydroxylation is 1. The molecule has 0 bridgehead atoms. The van der Waals surface area contributed by atoms with Crippen LogP contribution in [-0.2, 0) is 7.05 Å². The number of hydrogen-bond donors (Lipinski definition) is 0. The summed E-state index contributed by atoms with van der Waals surface area (Å²) in [6.45, 7) is 0. The average molecular weight is 183 g/mol. The van der Waals surface area contributed by atoms with Crippen LogP contribution in [0.15, 0.2) is 36.9 Å². The third kappa shape index (κ3) is 0.812. The monoisotopic (exact) mass is 183 g/mol. The highest BCUT2D eigenvalue weighted by molar-refractivity contribution is 6.06. The molecule has 3 nitrogen and oxygen atoms in total. The van der Waals surface area contributed by atoms with Gasteiger partial charge in [-0.25, -0.2) is 0 Å². The van der Waals surface area contributed by atoms with Crippen LogP contribution in [0, 0.1) is 0 Å². The summed E-state index contributed by atoms with van der Waals surface area (Å²) < 4.78 is 2.16. The summed E-state index contributed by atoms with van der Waals surface area (Å²) >= 11 is 0. The number of rotatable bonds is 0. The molecule has 0 unspecified atom stereocenters. The van der Waals surface area contributed by atoms with Crippen LogP contribution in [0.2, 0.25) is 0 Å². The van der Waals surface area contributed by atoms with E-state index in [0.29, 0.717) is 0 Å². The van der Waals surface area contributed by atoms with Crippen LogP contribution in [0.1, 0.15) is 0 Å². The van der Waals surface area contributed by atoms with E-state index >= 15 is 0 Å². The molecule has 3 heteroatoms. The van der Waals surface area contributed by atoms with Gasteiger partial charge in [0.2, 0.25) is 0 Å². The lowest BCUT2D eigenvalue weighted by atomic mass is 10.2. The highest BCUT2D eigenvalue weighted by Gasteiger charge is 2.06. The van der Waals surface area contributed by atoms with Crippen LogP contribution in [0.25, 0.3) is 21.8 Å². The molecular formula is C11H9N3. The predicted molar refractivity (Wildman–Crippen MR) is 56.0 cm³/mol. The van der Waals surface area contributed by atoms with Crippen molar-refractivity contribution in [3.8, 4) is 0 Å². The molecule has 0 saturated heterocycles. The van der Waals surface area contributed by atoms with Crippen molar-refractivity contribution in [2.24, 2.45) is 7.05 Å². The smallest absolute Gasteiger partial charge is 0.0520 e. The molecule has 3 aromatic rings. The Morgan fingerprint density at radius 3 is 1.93 bits per heavy atom. The van der Waals surface area contributed by atoms with Gasteiger partial charge in [0.05, 0.1) is 11.0 Å². The van der Waals surface area contributed by atoms with Crippen LogP contribution in [0.3, 0.4) is 0 Å². The van der Waals surface area contributed by atoms with Crippen molar-refractivity contribution >= 4 is 21.8 Å². The number of aromatic nitrogens is 3. The Morgan fingerprint density at radius 2 is 1.43 bits per heavy atom.